The lowest BCUT2D eigenvalue weighted by Gasteiger charge is -2.09. The lowest BCUT2D eigenvalue weighted by atomic mass is 10.1. The molecule has 1 aliphatic rings. The van der Waals surface area contributed by atoms with Gasteiger partial charge in [-0.2, -0.15) is 0 Å². The maximum Gasteiger partial charge on any atom is 0.311 e. The molecule has 1 heterocycles. The molecule has 6 nitrogen and oxygen atoms in total. The molecule has 0 spiro atoms. The van der Waals surface area contributed by atoms with E-state index < -0.39 is 5.97 Å². The lowest BCUT2D eigenvalue weighted by molar-refractivity contribution is -0.136. The Kier molecular flexibility index (Phi) is 5.19. The highest BCUT2D eigenvalue weighted by Crippen LogP contribution is 2.29. The molecule has 0 bridgehead atoms. The summed E-state index contributed by atoms with van der Waals surface area (Å²) in [6.07, 6.45) is 3.57. The summed E-state index contributed by atoms with van der Waals surface area (Å²) in [7, 11) is 0. The molecular weight excluding hydrogens is 322 g/mol. The van der Waals surface area contributed by atoms with Crippen molar-refractivity contribution in [2.45, 2.75) is 32.8 Å². The van der Waals surface area contributed by atoms with E-state index in [1.165, 1.54) is 19.1 Å². The molecule has 1 saturated carbocycles. The van der Waals surface area contributed by atoms with E-state index in [-0.39, 0.29) is 23.7 Å². The van der Waals surface area contributed by atoms with E-state index in [0.29, 0.717) is 23.8 Å². The van der Waals surface area contributed by atoms with Crippen LogP contribution in [-0.2, 0) is 22.6 Å². The molecule has 1 aromatic heterocycles. The summed E-state index contributed by atoms with van der Waals surface area (Å²) in [5.74, 6) is -0.553. The van der Waals surface area contributed by atoms with E-state index in [1.54, 1.807) is 13.0 Å². The Morgan fingerprint density at radius 1 is 1.36 bits per heavy atom. The fraction of sp³-hybridized carbons (Fsp3) is 0.368. The van der Waals surface area contributed by atoms with Crippen molar-refractivity contribution in [1.29, 1.82) is 0 Å². The number of aryl methyl sites for hydroxylation is 1. The zero-order valence-electron chi connectivity index (χ0n) is 14.1. The van der Waals surface area contributed by atoms with Crippen LogP contribution in [0.25, 0.3) is 0 Å². The van der Waals surface area contributed by atoms with Gasteiger partial charge in [0.25, 0.3) is 5.91 Å². The number of furan rings is 1. The summed E-state index contributed by atoms with van der Waals surface area (Å²) < 4.78 is 10.9. The number of anilines is 1. The van der Waals surface area contributed by atoms with Crippen LogP contribution in [0.4, 0.5) is 5.69 Å². The molecule has 2 aromatic rings. The highest BCUT2D eigenvalue weighted by atomic mass is 16.5. The Balaban J connectivity index is 1.66. The number of carboxylic acids is 1. The fourth-order valence-corrected chi connectivity index (χ4v) is 2.63. The Hall–Kier alpha value is -2.60. The molecule has 0 unspecified atom stereocenters. The summed E-state index contributed by atoms with van der Waals surface area (Å²) in [5.41, 5.74) is 2.50. The van der Waals surface area contributed by atoms with E-state index in [0.717, 1.165) is 12.2 Å². The van der Waals surface area contributed by atoms with Gasteiger partial charge in [-0.25, -0.2) is 0 Å². The second kappa shape index (κ2) is 7.53. The van der Waals surface area contributed by atoms with Crippen molar-refractivity contribution < 1.29 is 23.8 Å². The Bertz CT molecular complexity index is 776. The molecule has 0 aliphatic heterocycles. The first-order chi connectivity index (χ1) is 12.0. The number of aliphatic carboxylic acids is 1. The van der Waals surface area contributed by atoms with Gasteiger partial charge in [0.15, 0.2) is 0 Å². The molecule has 6 heteroatoms. The van der Waals surface area contributed by atoms with E-state index in [9.17, 15) is 9.59 Å². The van der Waals surface area contributed by atoms with E-state index >= 15 is 0 Å². The number of carboxylic acid groups (broad SMARTS) is 1. The molecule has 1 aliphatic carbocycles. The summed E-state index contributed by atoms with van der Waals surface area (Å²) in [5, 5.41) is 11.7. The van der Waals surface area contributed by atoms with E-state index in [1.807, 2.05) is 18.2 Å². The topological polar surface area (TPSA) is 88.8 Å². The van der Waals surface area contributed by atoms with Crippen molar-refractivity contribution in [2.75, 3.05) is 11.9 Å². The van der Waals surface area contributed by atoms with Crippen molar-refractivity contribution in [3.05, 3.63) is 53.0 Å². The summed E-state index contributed by atoms with van der Waals surface area (Å²) in [6, 6.07) is 7.44. The van der Waals surface area contributed by atoms with Gasteiger partial charge >= 0.3 is 5.97 Å². The van der Waals surface area contributed by atoms with Crippen molar-refractivity contribution in [2.24, 2.45) is 5.92 Å². The molecule has 2 N–H and O–H groups in total. The van der Waals surface area contributed by atoms with Gasteiger partial charge in [0.05, 0.1) is 18.4 Å². The van der Waals surface area contributed by atoms with Gasteiger partial charge in [-0.05, 0) is 43.4 Å². The number of nitrogens with one attached hydrogen (secondary N) is 1. The number of ether oxygens (including phenoxy) is 1. The monoisotopic (exact) mass is 343 g/mol. The quantitative estimate of drug-likeness (QED) is 0.767. The third kappa shape index (κ3) is 4.70. The van der Waals surface area contributed by atoms with Crippen molar-refractivity contribution in [1.82, 2.24) is 0 Å². The van der Waals surface area contributed by atoms with Crippen LogP contribution in [0.1, 0.15) is 40.1 Å². The molecule has 0 saturated heterocycles. The number of benzene rings is 1. The Morgan fingerprint density at radius 3 is 2.88 bits per heavy atom. The van der Waals surface area contributed by atoms with E-state index in [2.05, 4.69) is 5.32 Å². The number of hydrogen-bond acceptors (Lipinski definition) is 4. The normalized spacial score (nSPS) is 13.6. The van der Waals surface area contributed by atoms with Gasteiger partial charge in [0, 0.05) is 17.9 Å². The average molecular weight is 343 g/mol. The number of carbonyl (C=O) groups excluding carboxylic acids is 1. The van der Waals surface area contributed by atoms with Crippen LogP contribution in [0.5, 0.6) is 0 Å². The zero-order chi connectivity index (χ0) is 17.8. The van der Waals surface area contributed by atoms with Crippen molar-refractivity contribution in [3.63, 3.8) is 0 Å². The van der Waals surface area contributed by atoms with Crippen LogP contribution in [0.2, 0.25) is 0 Å². The number of rotatable bonds is 8. The van der Waals surface area contributed by atoms with E-state index in [4.69, 9.17) is 14.3 Å². The van der Waals surface area contributed by atoms with Gasteiger partial charge in [-0.3, -0.25) is 9.59 Å². The molecule has 132 valence electrons. The van der Waals surface area contributed by atoms with Crippen molar-refractivity contribution >= 4 is 17.6 Å². The predicted molar refractivity (Wildman–Crippen MR) is 91.6 cm³/mol. The first-order valence-corrected chi connectivity index (χ1v) is 8.29. The minimum atomic E-state index is -1.04. The fourth-order valence-electron chi connectivity index (χ4n) is 2.63. The molecule has 1 amide bonds. The maximum atomic E-state index is 12.5. The second-order valence-electron chi connectivity index (χ2n) is 6.40. The van der Waals surface area contributed by atoms with Crippen LogP contribution in [0.15, 0.2) is 34.9 Å². The first-order valence-electron chi connectivity index (χ1n) is 8.29. The number of carbonyl (C=O) groups is 2. The molecule has 25 heavy (non-hydrogen) atoms. The third-order valence-electron chi connectivity index (χ3n) is 4.09. The molecule has 0 radical (unpaired) electrons. The molecule has 0 atom stereocenters. The first kappa shape index (κ1) is 17.2. The van der Waals surface area contributed by atoms with Gasteiger partial charge in [-0.1, -0.05) is 12.1 Å². The van der Waals surface area contributed by atoms with Crippen LogP contribution >= 0.6 is 0 Å². The minimum Gasteiger partial charge on any atom is -0.481 e. The summed E-state index contributed by atoms with van der Waals surface area (Å²) >= 11 is 0. The Labute approximate surface area is 145 Å². The smallest absolute Gasteiger partial charge is 0.311 e. The highest BCUT2D eigenvalue weighted by Gasteiger charge is 2.22. The molecule has 1 fully saturated rings. The third-order valence-corrected chi connectivity index (χ3v) is 4.09. The standard InChI is InChI=1S/C19H21NO5/c1-12-9-25-16(8-17(21)22)18(12)19(23)20-15-4-2-3-14(7-15)11-24-10-13-5-6-13/h2-4,7,9,13H,5-6,8,10-11H2,1H3,(H,20,23)(H,21,22). The maximum absolute atomic E-state index is 12.5. The minimum absolute atomic E-state index is 0.159. The predicted octanol–water partition coefficient (Wildman–Crippen LogP) is 3.39. The lowest BCUT2D eigenvalue weighted by Crippen LogP contribution is -2.15. The number of hydrogen-bond donors (Lipinski definition) is 2. The van der Waals surface area contributed by atoms with Gasteiger partial charge in [0.2, 0.25) is 0 Å². The molecular formula is C19H21NO5. The average Bonchev–Trinajstić information content (AvgIpc) is 3.30. The highest BCUT2D eigenvalue weighted by molar-refractivity contribution is 6.06. The SMILES string of the molecule is Cc1coc(CC(=O)O)c1C(=O)Nc1cccc(COCC2CC2)c1. The summed E-state index contributed by atoms with van der Waals surface area (Å²) in [4.78, 5) is 23.4. The number of amides is 1. The van der Waals surface area contributed by atoms with Gasteiger partial charge in [-0.15, -0.1) is 0 Å². The largest absolute Gasteiger partial charge is 0.481 e. The van der Waals surface area contributed by atoms with Crippen LogP contribution in [-0.4, -0.2) is 23.6 Å². The van der Waals surface area contributed by atoms with Crippen LogP contribution in [0, 0.1) is 12.8 Å². The van der Waals surface area contributed by atoms with Gasteiger partial charge < -0.3 is 19.6 Å². The Morgan fingerprint density at radius 2 is 2.16 bits per heavy atom. The molecule has 1 aromatic carbocycles. The zero-order valence-corrected chi connectivity index (χ0v) is 14.1. The van der Waals surface area contributed by atoms with Gasteiger partial charge in [0.1, 0.15) is 12.2 Å². The molecule has 3 rings (SSSR count). The van der Waals surface area contributed by atoms with Crippen molar-refractivity contribution in [3.8, 4) is 0 Å². The second-order valence-corrected chi connectivity index (χ2v) is 6.40. The van der Waals surface area contributed by atoms with Crippen LogP contribution in [0.3, 0.4) is 0 Å². The van der Waals surface area contributed by atoms with Crippen LogP contribution < -0.4 is 5.32 Å². The summed E-state index contributed by atoms with van der Waals surface area (Å²) in [6.45, 7) is 3.00.